The first kappa shape index (κ1) is 17.8. The molecule has 1 aromatic heterocycles. The van der Waals surface area contributed by atoms with E-state index in [9.17, 15) is 9.59 Å². The third kappa shape index (κ3) is 6.49. The molecule has 1 rings (SSSR count). The number of nitrogens with one attached hydrogen (secondary N) is 2. The molecule has 12 nitrogen and oxygen atoms in total. The third-order valence-electron chi connectivity index (χ3n) is 2.09. The van der Waals surface area contributed by atoms with Crippen LogP contribution in [0.4, 0.5) is 0 Å². The molecule has 1 aromatic rings. The van der Waals surface area contributed by atoms with Crippen molar-refractivity contribution >= 4 is 11.8 Å². The Kier molecular flexibility index (Phi) is 5.43. The van der Waals surface area contributed by atoms with Gasteiger partial charge >= 0.3 is 0 Å². The van der Waals surface area contributed by atoms with Crippen LogP contribution in [0.5, 0.6) is 0 Å². The highest BCUT2D eigenvalue weighted by molar-refractivity contribution is 5.94. The van der Waals surface area contributed by atoms with Gasteiger partial charge < -0.3 is 41.3 Å². The number of rotatable bonds is 6. The molecule has 2 amide bonds. The van der Waals surface area contributed by atoms with Gasteiger partial charge in [-0.25, -0.2) is 9.97 Å². The summed E-state index contributed by atoms with van der Waals surface area (Å²) in [5.41, 5.74) is -0.553. The Labute approximate surface area is 122 Å². The number of aliphatic hydroxyl groups is 6. The molecule has 0 atom stereocenters. The maximum Gasteiger partial charge on any atom is 0.293 e. The van der Waals surface area contributed by atoms with E-state index in [1.807, 2.05) is 10.6 Å². The minimum Gasteiger partial charge on any atom is -0.343 e. The van der Waals surface area contributed by atoms with Crippen LogP contribution in [-0.2, 0) is 0 Å². The fourth-order valence-electron chi connectivity index (χ4n) is 1.14. The molecule has 122 valence electrons. The van der Waals surface area contributed by atoms with Crippen molar-refractivity contribution in [3.63, 3.8) is 0 Å². The highest BCUT2D eigenvalue weighted by Gasteiger charge is 2.22. The van der Waals surface area contributed by atoms with Gasteiger partial charge in [0.25, 0.3) is 23.8 Å². The minimum absolute atomic E-state index is 0.276. The lowest BCUT2D eigenvalue weighted by molar-refractivity contribution is -0.306. The summed E-state index contributed by atoms with van der Waals surface area (Å²) in [6.45, 7) is -1.75. The standard InChI is InChI=1S/C10H14N4O8/c15-7(13-3-9(17,18)19)5-1-11-6(2-12-5)8(16)14-4-10(20,21)22/h1-2,17-22H,3-4H2,(H,13,15)(H,14,16). The fraction of sp³-hybridized carbons (Fsp3) is 0.400. The summed E-state index contributed by atoms with van der Waals surface area (Å²) in [5.74, 6) is -7.93. The Morgan fingerprint density at radius 2 is 1.14 bits per heavy atom. The Balaban J connectivity index is 2.62. The molecule has 22 heavy (non-hydrogen) atoms. The number of carbonyl (C=O) groups excluding carboxylic acids is 2. The Hall–Kier alpha value is -2.22. The van der Waals surface area contributed by atoms with Crippen molar-refractivity contribution in [2.45, 2.75) is 11.9 Å². The summed E-state index contributed by atoms with van der Waals surface area (Å²) >= 11 is 0. The van der Waals surface area contributed by atoms with E-state index in [1.54, 1.807) is 0 Å². The zero-order chi connectivity index (χ0) is 17.0. The second-order valence-electron chi connectivity index (χ2n) is 4.20. The summed E-state index contributed by atoms with van der Waals surface area (Å²) in [6.07, 6.45) is 1.78. The zero-order valence-electron chi connectivity index (χ0n) is 11.0. The molecule has 12 heteroatoms. The van der Waals surface area contributed by atoms with E-state index < -0.39 is 36.9 Å². The molecule has 0 spiro atoms. The van der Waals surface area contributed by atoms with Gasteiger partial charge in [-0.3, -0.25) is 9.59 Å². The molecule has 0 unspecified atom stereocenters. The molecule has 8 N–H and O–H groups in total. The first-order valence-corrected chi connectivity index (χ1v) is 5.71. The van der Waals surface area contributed by atoms with Crippen LogP contribution < -0.4 is 10.6 Å². The van der Waals surface area contributed by atoms with Gasteiger partial charge in [-0.15, -0.1) is 0 Å². The molecule has 0 saturated carbocycles. The van der Waals surface area contributed by atoms with Crippen LogP contribution in [0.1, 0.15) is 21.0 Å². The van der Waals surface area contributed by atoms with Crippen LogP contribution >= 0.6 is 0 Å². The third-order valence-corrected chi connectivity index (χ3v) is 2.09. The Bertz CT molecular complexity index is 484. The van der Waals surface area contributed by atoms with Crippen LogP contribution in [0.2, 0.25) is 0 Å². The SMILES string of the molecule is O=C(NCC(O)(O)O)c1cnc(C(=O)NCC(O)(O)O)cn1. The largest absolute Gasteiger partial charge is 0.343 e. The molecule has 0 aliphatic rings. The van der Waals surface area contributed by atoms with Gasteiger partial charge in [0, 0.05) is 0 Å². The maximum absolute atomic E-state index is 11.5. The molecular weight excluding hydrogens is 304 g/mol. The molecule has 0 aliphatic carbocycles. The highest BCUT2D eigenvalue weighted by Crippen LogP contribution is 1.98. The average molecular weight is 318 g/mol. The van der Waals surface area contributed by atoms with Crippen LogP contribution in [0, 0.1) is 0 Å². The molecule has 0 saturated heterocycles. The molecule has 0 fully saturated rings. The van der Waals surface area contributed by atoms with Crippen LogP contribution in [0.15, 0.2) is 12.4 Å². The van der Waals surface area contributed by atoms with Crippen molar-refractivity contribution in [3.8, 4) is 0 Å². The van der Waals surface area contributed by atoms with Crippen LogP contribution in [0.3, 0.4) is 0 Å². The minimum atomic E-state index is -3.08. The zero-order valence-corrected chi connectivity index (χ0v) is 11.0. The van der Waals surface area contributed by atoms with E-state index in [0.29, 0.717) is 0 Å². The number of hydrogen-bond acceptors (Lipinski definition) is 10. The van der Waals surface area contributed by atoms with E-state index in [-0.39, 0.29) is 11.4 Å². The first-order chi connectivity index (χ1) is 9.98. The van der Waals surface area contributed by atoms with Crippen molar-refractivity contribution < 1.29 is 40.2 Å². The lowest BCUT2D eigenvalue weighted by Crippen LogP contribution is -2.43. The monoisotopic (exact) mass is 318 g/mol. The van der Waals surface area contributed by atoms with Gasteiger partial charge in [-0.05, 0) is 0 Å². The van der Waals surface area contributed by atoms with Crippen molar-refractivity contribution in [1.82, 2.24) is 20.6 Å². The maximum atomic E-state index is 11.5. The number of hydrogen-bond donors (Lipinski definition) is 8. The predicted octanol–water partition coefficient (Wildman–Crippen LogP) is -4.80. The average Bonchev–Trinajstić information content (AvgIpc) is 2.40. The van der Waals surface area contributed by atoms with Crippen molar-refractivity contribution in [2.24, 2.45) is 0 Å². The first-order valence-electron chi connectivity index (χ1n) is 5.71. The smallest absolute Gasteiger partial charge is 0.293 e. The van der Waals surface area contributed by atoms with Gasteiger partial charge in [-0.1, -0.05) is 0 Å². The summed E-state index contributed by atoms with van der Waals surface area (Å²) < 4.78 is 0. The molecule has 0 radical (unpaired) electrons. The highest BCUT2D eigenvalue weighted by atomic mass is 16.7. The number of nitrogens with zero attached hydrogens (tertiary/aromatic N) is 2. The predicted molar refractivity (Wildman–Crippen MR) is 65.5 cm³/mol. The molecule has 0 bridgehead atoms. The quantitative estimate of drug-likeness (QED) is 0.235. The summed E-state index contributed by atoms with van der Waals surface area (Å²) in [5, 5.41) is 55.5. The number of carbonyl (C=O) groups is 2. The summed E-state index contributed by atoms with van der Waals surface area (Å²) in [6, 6.07) is 0. The lowest BCUT2D eigenvalue weighted by Gasteiger charge is -2.14. The van der Waals surface area contributed by atoms with E-state index in [2.05, 4.69) is 9.97 Å². The van der Waals surface area contributed by atoms with E-state index >= 15 is 0 Å². The topological polar surface area (TPSA) is 205 Å². The van der Waals surface area contributed by atoms with Crippen molar-refractivity contribution in [3.05, 3.63) is 23.8 Å². The molecule has 1 heterocycles. The lowest BCUT2D eigenvalue weighted by atomic mass is 10.3. The molecule has 0 aliphatic heterocycles. The Morgan fingerprint density at radius 1 is 0.818 bits per heavy atom. The van der Waals surface area contributed by atoms with Crippen molar-refractivity contribution in [1.29, 1.82) is 0 Å². The van der Waals surface area contributed by atoms with Gasteiger partial charge in [0.15, 0.2) is 0 Å². The summed E-state index contributed by atoms with van der Waals surface area (Å²) in [7, 11) is 0. The van der Waals surface area contributed by atoms with Crippen LogP contribution in [-0.4, -0.2) is 77.5 Å². The van der Waals surface area contributed by atoms with E-state index in [1.165, 1.54) is 0 Å². The number of aromatic nitrogens is 2. The second kappa shape index (κ2) is 6.69. The molecular formula is C10H14N4O8. The second-order valence-corrected chi connectivity index (χ2v) is 4.20. The van der Waals surface area contributed by atoms with Crippen LogP contribution in [0.25, 0.3) is 0 Å². The normalized spacial score (nSPS) is 11.9. The van der Waals surface area contributed by atoms with Gasteiger partial charge in [0.05, 0.1) is 25.5 Å². The number of amides is 2. The van der Waals surface area contributed by atoms with Gasteiger partial charge in [0.2, 0.25) is 0 Å². The van der Waals surface area contributed by atoms with E-state index in [0.717, 1.165) is 12.4 Å². The van der Waals surface area contributed by atoms with Gasteiger partial charge in [-0.2, -0.15) is 0 Å². The van der Waals surface area contributed by atoms with E-state index in [4.69, 9.17) is 30.6 Å². The Morgan fingerprint density at radius 3 is 1.36 bits per heavy atom. The van der Waals surface area contributed by atoms with Gasteiger partial charge in [0.1, 0.15) is 11.4 Å². The molecule has 0 aromatic carbocycles. The summed E-state index contributed by atoms with van der Waals surface area (Å²) in [4.78, 5) is 30.1. The fourth-order valence-corrected chi connectivity index (χ4v) is 1.14. The van der Waals surface area contributed by atoms with Crippen molar-refractivity contribution in [2.75, 3.05) is 13.1 Å².